The van der Waals surface area contributed by atoms with Crippen LogP contribution in [0.2, 0.25) is 0 Å². The number of thiazole rings is 1. The fourth-order valence-corrected chi connectivity index (χ4v) is 2.56. The second-order valence-corrected chi connectivity index (χ2v) is 5.45. The Labute approximate surface area is 110 Å². The van der Waals surface area contributed by atoms with Crippen LogP contribution in [0.15, 0.2) is 40.1 Å². The predicted molar refractivity (Wildman–Crippen MR) is 75.6 cm³/mol. The van der Waals surface area contributed by atoms with Crippen molar-refractivity contribution in [1.82, 2.24) is 10.3 Å². The monoisotopic (exact) mass is 264 g/mol. The van der Waals surface area contributed by atoms with Crippen LogP contribution in [0.4, 0.5) is 0 Å². The van der Waals surface area contributed by atoms with Gasteiger partial charge in [0.2, 0.25) is 0 Å². The first-order valence-corrected chi connectivity index (χ1v) is 7.70. The van der Waals surface area contributed by atoms with Gasteiger partial charge in [-0.05, 0) is 30.9 Å². The largest absolute Gasteiger partial charge is 0.305 e. The maximum Gasteiger partial charge on any atom is 0.0795 e. The lowest BCUT2D eigenvalue weighted by Crippen LogP contribution is -2.18. The van der Waals surface area contributed by atoms with Gasteiger partial charge in [0.15, 0.2) is 0 Å². The van der Waals surface area contributed by atoms with E-state index in [9.17, 15) is 0 Å². The van der Waals surface area contributed by atoms with E-state index in [2.05, 4.69) is 53.1 Å². The van der Waals surface area contributed by atoms with Gasteiger partial charge < -0.3 is 5.32 Å². The quantitative estimate of drug-likeness (QED) is 0.833. The maximum atomic E-state index is 4.26. The van der Waals surface area contributed by atoms with Crippen molar-refractivity contribution in [3.63, 3.8) is 0 Å². The van der Waals surface area contributed by atoms with Gasteiger partial charge >= 0.3 is 0 Å². The molecule has 2 rings (SSSR count). The van der Waals surface area contributed by atoms with E-state index in [1.165, 1.54) is 10.5 Å². The van der Waals surface area contributed by atoms with Gasteiger partial charge in [-0.2, -0.15) is 0 Å². The van der Waals surface area contributed by atoms with Crippen LogP contribution in [0.1, 0.15) is 24.2 Å². The summed E-state index contributed by atoms with van der Waals surface area (Å²) in [5, 5.41) is 5.56. The molecule has 2 aromatic rings. The van der Waals surface area contributed by atoms with E-state index in [-0.39, 0.29) is 0 Å². The van der Waals surface area contributed by atoms with Crippen LogP contribution in [0.5, 0.6) is 0 Å². The molecule has 0 aliphatic heterocycles. The first-order valence-electron chi connectivity index (χ1n) is 5.54. The number of thioether (sulfide) groups is 1. The van der Waals surface area contributed by atoms with Crippen LogP contribution < -0.4 is 5.32 Å². The number of nitrogens with one attached hydrogen (secondary N) is 1. The van der Waals surface area contributed by atoms with Gasteiger partial charge in [0.25, 0.3) is 0 Å². The molecule has 4 heteroatoms. The maximum absolute atomic E-state index is 4.26. The third-order valence-corrected chi connectivity index (χ3v) is 4.07. The van der Waals surface area contributed by atoms with Gasteiger partial charge in [0, 0.05) is 22.9 Å². The van der Waals surface area contributed by atoms with E-state index in [0.29, 0.717) is 6.04 Å². The summed E-state index contributed by atoms with van der Waals surface area (Å²) in [6.07, 6.45) is 2.10. The molecule has 0 saturated heterocycles. The Kier molecular flexibility index (Phi) is 4.59. The standard InChI is InChI=1S/C13H16N2S2/c1-10(14-7-12-8-17-9-15-12)11-3-5-13(16-2)6-4-11/h3-6,8-10,14H,7H2,1-2H3. The Morgan fingerprint density at radius 3 is 2.71 bits per heavy atom. The Hall–Kier alpha value is -0.840. The van der Waals surface area contributed by atoms with Crippen molar-refractivity contribution in [1.29, 1.82) is 0 Å². The fraction of sp³-hybridized carbons (Fsp3) is 0.308. The van der Waals surface area contributed by atoms with Crippen LogP contribution in [0, 0.1) is 0 Å². The SMILES string of the molecule is CSc1ccc(C(C)NCc2cscn2)cc1. The Morgan fingerprint density at radius 1 is 1.35 bits per heavy atom. The van der Waals surface area contributed by atoms with Gasteiger partial charge in [-0.3, -0.25) is 0 Å². The Morgan fingerprint density at radius 2 is 2.12 bits per heavy atom. The van der Waals surface area contributed by atoms with Crippen molar-refractivity contribution in [2.24, 2.45) is 0 Å². The molecular formula is C13H16N2S2. The van der Waals surface area contributed by atoms with Crippen molar-refractivity contribution in [3.8, 4) is 0 Å². The van der Waals surface area contributed by atoms with Gasteiger partial charge in [0.1, 0.15) is 0 Å². The molecule has 1 atom stereocenters. The van der Waals surface area contributed by atoms with Crippen molar-refractivity contribution in [3.05, 3.63) is 46.4 Å². The van der Waals surface area contributed by atoms with Crippen LogP contribution in [0.3, 0.4) is 0 Å². The molecule has 1 N–H and O–H groups in total. The zero-order valence-electron chi connectivity index (χ0n) is 10.0. The lowest BCUT2D eigenvalue weighted by Gasteiger charge is -2.13. The van der Waals surface area contributed by atoms with Crippen molar-refractivity contribution in [2.45, 2.75) is 24.4 Å². The van der Waals surface area contributed by atoms with E-state index in [1.54, 1.807) is 23.1 Å². The summed E-state index contributed by atoms with van der Waals surface area (Å²) in [5.41, 5.74) is 4.30. The highest BCUT2D eigenvalue weighted by Gasteiger charge is 2.05. The molecule has 0 saturated carbocycles. The second-order valence-electron chi connectivity index (χ2n) is 3.86. The average Bonchev–Trinajstić information content (AvgIpc) is 2.89. The van der Waals surface area contributed by atoms with E-state index in [4.69, 9.17) is 0 Å². The number of benzene rings is 1. The first kappa shape index (κ1) is 12.6. The van der Waals surface area contributed by atoms with Crippen molar-refractivity contribution >= 4 is 23.1 Å². The molecule has 0 radical (unpaired) electrons. The fourth-order valence-electron chi connectivity index (χ4n) is 1.59. The van der Waals surface area contributed by atoms with Crippen LogP contribution in [-0.4, -0.2) is 11.2 Å². The third kappa shape index (κ3) is 3.56. The van der Waals surface area contributed by atoms with Gasteiger partial charge in [0.05, 0.1) is 11.2 Å². The molecule has 0 amide bonds. The Balaban J connectivity index is 1.92. The average molecular weight is 264 g/mol. The van der Waals surface area contributed by atoms with Gasteiger partial charge in [-0.25, -0.2) is 4.98 Å². The molecule has 0 fully saturated rings. The number of nitrogens with zero attached hydrogens (tertiary/aromatic N) is 1. The molecule has 1 aromatic heterocycles. The first-order chi connectivity index (χ1) is 8.29. The molecule has 1 unspecified atom stereocenters. The molecule has 0 bridgehead atoms. The molecule has 17 heavy (non-hydrogen) atoms. The van der Waals surface area contributed by atoms with Gasteiger partial charge in [-0.1, -0.05) is 12.1 Å². The topological polar surface area (TPSA) is 24.9 Å². The molecule has 0 aliphatic rings. The zero-order chi connectivity index (χ0) is 12.1. The predicted octanol–water partition coefficient (Wildman–Crippen LogP) is 3.72. The highest BCUT2D eigenvalue weighted by molar-refractivity contribution is 7.98. The summed E-state index contributed by atoms with van der Waals surface area (Å²) in [6, 6.07) is 9.06. The molecule has 0 spiro atoms. The molecule has 0 aliphatic carbocycles. The van der Waals surface area contributed by atoms with Crippen molar-refractivity contribution < 1.29 is 0 Å². The molecule has 90 valence electrons. The van der Waals surface area contributed by atoms with E-state index in [1.807, 2.05) is 5.51 Å². The third-order valence-electron chi connectivity index (χ3n) is 2.69. The van der Waals surface area contributed by atoms with Crippen molar-refractivity contribution in [2.75, 3.05) is 6.26 Å². The lowest BCUT2D eigenvalue weighted by atomic mass is 10.1. The van der Waals surface area contributed by atoms with Crippen LogP contribution in [-0.2, 0) is 6.54 Å². The minimum absolute atomic E-state index is 0.354. The highest BCUT2D eigenvalue weighted by Crippen LogP contribution is 2.19. The summed E-state index contributed by atoms with van der Waals surface area (Å²) < 4.78 is 0. The number of rotatable bonds is 5. The minimum Gasteiger partial charge on any atom is -0.305 e. The lowest BCUT2D eigenvalue weighted by molar-refractivity contribution is 0.569. The van der Waals surface area contributed by atoms with E-state index < -0.39 is 0 Å². The van der Waals surface area contributed by atoms with Crippen LogP contribution in [0.25, 0.3) is 0 Å². The Bertz CT molecular complexity index is 437. The summed E-state index contributed by atoms with van der Waals surface area (Å²) >= 11 is 3.41. The number of hydrogen-bond acceptors (Lipinski definition) is 4. The molecular weight excluding hydrogens is 248 g/mol. The molecule has 1 heterocycles. The normalized spacial score (nSPS) is 12.6. The molecule has 1 aromatic carbocycles. The van der Waals surface area contributed by atoms with Crippen LogP contribution >= 0.6 is 23.1 Å². The second kappa shape index (κ2) is 6.19. The zero-order valence-corrected chi connectivity index (χ0v) is 11.6. The number of hydrogen-bond donors (Lipinski definition) is 1. The summed E-state index contributed by atoms with van der Waals surface area (Å²) in [7, 11) is 0. The van der Waals surface area contributed by atoms with E-state index >= 15 is 0 Å². The highest BCUT2D eigenvalue weighted by atomic mass is 32.2. The summed E-state index contributed by atoms with van der Waals surface area (Å²) in [6.45, 7) is 3.01. The smallest absolute Gasteiger partial charge is 0.0795 e. The van der Waals surface area contributed by atoms with E-state index in [0.717, 1.165) is 12.2 Å². The number of aromatic nitrogens is 1. The minimum atomic E-state index is 0.354. The summed E-state index contributed by atoms with van der Waals surface area (Å²) in [4.78, 5) is 5.57. The summed E-state index contributed by atoms with van der Waals surface area (Å²) in [5.74, 6) is 0. The van der Waals surface area contributed by atoms with Gasteiger partial charge in [-0.15, -0.1) is 23.1 Å². The molecule has 2 nitrogen and oxygen atoms in total.